The summed E-state index contributed by atoms with van der Waals surface area (Å²) in [5, 5.41) is 0. The van der Waals surface area contributed by atoms with E-state index in [0.29, 0.717) is 6.61 Å². The standard InChI is InChI=1S/C13H19NO/c1-9-4-5-10-7-15-8-13(2,3)12(14)11(10)6-9/h4-6,12H,7-8,14H2,1-3H3. The van der Waals surface area contributed by atoms with E-state index in [1.807, 2.05) is 0 Å². The fourth-order valence-corrected chi connectivity index (χ4v) is 2.07. The van der Waals surface area contributed by atoms with Gasteiger partial charge in [0.2, 0.25) is 0 Å². The molecule has 0 radical (unpaired) electrons. The van der Waals surface area contributed by atoms with E-state index in [1.54, 1.807) is 0 Å². The highest BCUT2D eigenvalue weighted by Crippen LogP contribution is 2.36. The zero-order valence-corrected chi connectivity index (χ0v) is 9.71. The second-order valence-electron chi connectivity index (χ2n) is 5.16. The smallest absolute Gasteiger partial charge is 0.0720 e. The lowest BCUT2D eigenvalue weighted by Gasteiger charge is -2.29. The summed E-state index contributed by atoms with van der Waals surface area (Å²) >= 11 is 0. The largest absolute Gasteiger partial charge is 0.376 e. The van der Waals surface area contributed by atoms with Crippen LogP contribution in [0.1, 0.15) is 36.6 Å². The number of rotatable bonds is 0. The third-order valence-electron chi connectivity index (χ3n) is 3.21. The molecule has 2 nitrogen and oxygen atoms in total. The number of aryl methyl sites for hydroxylation is 1. The van der Waals surface area contributed by atoms with Crippen molar-refractivity contribution in [3.63, 3.8) is 0 Å². The van der Waals surface area contributed by atoms with E-state index in [-0.39, 0.29) is 11.5 Å². The topological polar surface area (TPSA) is 35.2 Å². The molecule has 0 aromatic heterocycles. The number of hydrogen-bond donors (Lipinski definition) is 1. The third-order valence-corrected chi connectivity index (χ3v) is 3.21. The maximum Gasteiger partial charge on any atom is 0.0720 e. The Morgan fingerprint density at radius 2 is 2.13 bits per heavy atom. The fraction of sp³-hybridized carbons (Fsp3) is 0.538. The molecule has 1 aliphatic heterocycles. The summed E-state index contributed by atoms with van der Waals surface area (Å²) in [6.45, 7) is 7.84. The Bertz CT molecular complexity index is 371. The summed E-state index contributed by atoms with van der Waals surface area (Å²) in [6.07, 6.45) is 0. The summed E-state index contributed by atoms with van der Waals surface area (Å²) in [5.74, 6) is 0. The van der Waals surface area contributed by atoms with Gasteiger partial charge in [0.1, 0.15) is 0 Å². The van der Waals surface area contributed by atoms with E-state index in [0.717, 1.165) is 6.61 Å². The van der Waals surface area contributed by atoms with Gasteiger partial charge in [-0.3, -0.25) is 0 Å². The van der Waals surface area contributed by atoms with Crippen LogP contribution in [-0.2, 0) is 11.3 Å². The van der Waals surface area contributed by atoms with Crippen molar-refractivity contribution >= 4 is 0 Å². The first-order valence-corrected chi connectivity index (χ1v) is 5.43. The molecular weight excluding hydrogens is 186 g/mol. The molecule has 2 N–H and O–H groups in total. The van der Waals surface area contributed by atoms with Crippen molar-refractivity contribution in [2.75, 3.05) is 6.61 Å². The minimum absolute atomic E-state index is 0.0129. The van der Waals surface area contributed by atoms with Gasteiger partial charge in [-0.1, -0.05) is 37.6 Å². The molecule has 2 heteroatoms. The molecule has 1 aromatic rings. The van der Waals surface area contributed by atoms with Crippen molar-refractivity contribution in [1.29, 1.82) is 0 Å². The first kappa shape index (κ1) is 10.7. The van der Waals surface area contributed by atoms with Crippen LogP contribution >= 0.6 is 0 Å². The fourth-order valence-electron chi connectivity index (χ4n) is 2.07. The SMILES string of the molecule is Cc1ccc2c(c1)C(N)C(C)(C)COC2. The molecule has 0 aliphatic carbocycles. The van der Waals surface area contributed by atoms with Crippen LogP contribution in [0.4, 0.5) is 0 Å². The van der Waals surface area contributed by atoms with E-state index in [1.165, 1.54) is 16.7 Å². The van der Waals surface area contributed by atoms with Crippen LogP contribution in [0.15, 0.2) is 18.2 Å². The van der Waals surface area contributed by atoms with Gasteiger partial charge in [-0.2, -0.15) is 0 Å². The Morgan fingerprint density at radius 1 is 1.40 bits per heavy atom. The Labute approximate surface area is 91.4 Å². The van der Waals surface area contributed by atoms with Crippen LogP contribution in [0.3, 0.4) is 0 Å². The first-order valence-electron chi connectivity index (χ1n) is 5.43. The molecule has 0 spiro atoms. The number of fused-ring (bicyclic) bond motifs is 1. The van der Waals surface area contributed by atoms with Crippen molar-refractivity contribution in [2.24, 2.45) is 11.1 Å². The monoisotopic (exact) mass is 205 g/mol. The molecular formula is C13H19NO. The van der Waals surface area contributed by atoms with Crippen molar-refractivity contribution in [3.8, 4) is 0 Å². The number of benzene rings is 1. The molecule has 1 aromatic carbocycles. The summed E-state index contributed by atoms with van der Waals surface area (Å²) in [5.41, 5.74) is 10.1. The van der Waals surface area contributed by atoms with Gasteiger partial charge in [0, 0.05) is 11.5 Å². The Hall–Kier alpha value is -0.860. The average Bonchev–Trinajstić information content (AvgIpc) is 2.27. The van der Waals surface area contributed by atoms with Gasteiger partial charge < -0.3 is 10.5 Å². The zero-order valence-electron chi connectivity index (χ0n) is 9.71. The molecule has 0 bridgehead atoms. The lowest BCUT2D eigenvalue weighted by molar-refractivity contribution is 0.0494. The van der Waals surface area contributed by atoms with Gasteiger partial charge in [0.15, 0.2) is 0 Å². The van der Waals surface area contributed by atoms with Crippen LogP contribution in [0.2, 0.25) is 0 Å². The molecule has 0 saturated heterocycles. The molecule has 1 heterocycles. The predicted octanol–water partition coefficient (Wildman–Crippen LogP) is 2.55. The van der Waals surface area contributed by atoms with Crippen LogP contribution in [0.5, 0.6) is 0 Å². The second-order valence-corrected chi connectivity index (χ2v) is 5.16. The van der Waals surface area contributed by atoms with Crippen molar-refractivity contribution in [3.05, 3.63) is 34.9 Å². The highest BCUT2D eigenvalue weighted by Gasteiger charge is 2.32. The molecule has 1 aliphatic rings. The minimum atomic E-state index is 0.0129. The van der Waals surface area contributed by atoms with Crippen LogP contribution in [0.25, 0.3) is 0 Å². The van der Waals surface area contributed by atoms with E-state index in [4.69, 9.17) is 10.5 Å². The van der Waals surface area contributed by atoms with E-state index in [9.17, 15) is 0 Å². The van der Waals surface area contributed by atoms with Crippen molar-refractivity contribution in [2.45, 2.75) is 33.4 Å². The molecule has 1 atom stereocenters. The van der Waals surface area contributed by atoms with Crippen LogP contribution in [0, 0.1) is 12.3 Å². The maximum absolute atomic E-state index is 6.31. The first-order chi connectivity index (χ1) is 7.00. The highest BCUT2D eigenvalue weighted by molar-refractivity contribution is 5.35. The molecule has 2 rings (SSSR count). The Kier molecular flexibility index (Phi) is 2.57. The summed E-state index contributed by atoms with van der Waals surface area (Å²) < 4.78 is 5.67. The molecule has 0 amide bonds. The highest BCUT2D eigenvalue weighted by atomic mass is 16.5. The second kappa shape index (κ2) is 3.62. The zero-order chi connectivity index (χ0) is 11.1. The average molecular weight is 205 g/mol. The lowest BCUT2D eigenvalue weighted by Crippen LogP contribution is -2.32. The maximum atomic E-state index is 6.31. The molecule has 15 heavy (non-hydrogen) atoms. The normalized spacial score (nSPS) is 24.4. The summed E-state index contributed by atoms with van der Waals surface area (Å²) in [6, 6.07) is 6.50. The van der Waals surface area contributed by atoms with Gasteiger partial charge in [0.05, 0.1) is 13.2 Å². The molecule has 0 fully saturated rings. The van der Waals surface area contributed by atoms with E-state index >= 15 is 0 Å². The van der Waals surface area contributed by atoms with Gasteiger partial charge >= 0.3 is 0 Å². The van der Waals surface area contributed by atoms with E-state index < -0.39 is 0 Å². The number of nitrogens with two attached hydrogens (primary N) is 1. The predicted molar refractivity (Wildman–Crippen MR) is 61.5 cm³/mol. The van der Waals surface area contributed by atoms with Gasteiger partial charge in [-0.05, 0) is 18.1 Å². The number of hydrogen-bond acceptors (Lipinski definition) is 2. The van der Waals surface area contributed by atoms with Gasteiger partial charge in [-0.15, -0.1) is 0 Å². The third kappa shape index (κ3) is 1.92. The Balaban J connectivity index is 2.49. The molecule has 1 unspecified atom stereocenters. The summed E-state index contributed by atoms with van der Waals surface area (Å²) in [7, 11) is 0. The lowest BCUT2D eigenvalue weighted by atomic mass is 9.81. The van der Waals surface area contributed by atoms with Gasteiger partial charge in [-0.25, -0.2) is 0 Å². The quantitative estimate of drug-likeness (QED) is 0.706. The van der Waals surface area contributed by atoms with Crippen LogP contribution in [-0.4, -0.2) is 6.61 Å². The van der Waals surface area contributed by atoms with Crippen molar-refractivity contribution in [1.82, 2.24) is 0 Å². The van der Waals surface area contributed by atoms with E-state index in [2.05, 4.69) is 39.0 Å². The minimum Gasteiger partial charge on any atom is -0.376 e. The van der Waals surface area contributed by atoms with Crippen LogP contribution < -0.4 is 5.73 Å². The number of ether oxygens (including phenoxy) is 1. The van der Waals surface area contributed by atoms with Crippen molar-refractivity contribution < 1.29 is 4.74 Å². The Morgan fingerprint density at radius 3 is 2.87 bits per heavy atom. The molecule has 0 saturated carbocycles. The molecule has 82 valence electrons. The van der Waals surface area contributed by atoms with Gasteiger partial charge in [0.25, 0.3) is 0 Å². The summed E-state index contributed by atoms with van der Waals surface area (Å²) in [4.78, 5) is 0.